The van der Waals surface area contributed by atoms with Crippen LogP contribution in [0.2, 0.25) is 0 Å². The number of nitrogens with zero attached hydrogens (tertiary/aromatic N) is 1. The second kappa shape index (κ2) is 10.5. The molecule has 1 heterocycles. The Labute approximate surface area is 182 Å². The standard InChI is InChI=1S/C23H32N2O2S.ClH/c1-4-15-25-16-14-21(17-25)20-6-10-22(11-7-20)24-28(26,27)23-12-8-19(9-13-23)18(3)5-2;/h6-13,18,21,24H,4-5,14-17H2,1-3H3;1H/t18?,21-;/m1./s1. The fraction of sp³-hybridized carbons (Fsp3) is 0.478. The third-order valence-electron chi connectivity index (χ3n) is 5.82. The van der Waals surface area contributed by atoms with Crippen molar-refractivity contribution in [2.24, 2.45) is 0 Å². The maximum atomic E-state index is 12.7. The molecule has 1 N–H and O–H groups in total. The summed E-state index contributed by atoms with van der Waals surface area (Å²) in [6, 6.07) is 15.1. The van der Waals surface area contributed by atoms with Gasteiger partial charge in [-0.2, -0.15) is 0 Å². The van der Waals surface area contributed by atoms with Gasteiger partial charge in [0.2, 0.25) is 0 Å². The molecule has 1 fully saturated rings. The number of nitrogens with one attached hydrogen (secondary N) is 1. The number of rotatable bonds is 8. The van der Waals surface area contributed by atoms with Crippen LogP contribution in [0.1, 0.15) is 63.0 Å². The first-order valence-electron chi connectivity index (χ1n) is 10.4. The van der Waals surface area contributed by atoms with Gasteiger partial charge in [-0.25, -0.2) is 8.42 Å². The van der Waals surface area contributed by atoms with E-state index in [9.17, 15) is 8.42 Å². The molecule has 0 aromatic heterocycles. The first kappa shape index (κ1) is 23.7. The van der Waals surface area contributed by atoms with E-state index < -0.39 is 10.0 Å². The lowest BCUT2D eigenvalue weighted by atomic mass is 9.98. The molecule has 2 aromatic carbocycles. The fourth-order valence-electron chi connectivity index (χ4n) is 3.87. The van der Waals surface area contributed by atoms with Crippen LogP contribution in [-0.4, -0.2) is 33.0 Å². The van der Waals surface area contributed by atoms with Gasteiger partial charge in [-0.1, -0.05) is 45.0 Å². The van der Waals surface area contributed by atoms with Gasteiger partial charge in [-0.05, 0) is 79.6 Å². The van der Waals surface area contributed by atoms with E-state index in [4.69, 9.17) is 0 Å². The second-order valence-corrected chi connectivity index (χ2v) is 9.57. The quantitative estimate of drug-likeness (QED) is 0.584. The summed E-state index contributed by atoms with van der Waals surface area (Å²) in [5, 5.41) is 0. The summed E-state index contributed by atoms with van der Waals surface area (Å²) in [5.41, 5.74) is 3.07. The van der Waals surface area contributed by atoms with Crippen molar-refractivity contribution in [3.8, 4) is 0 Å². The van der Waals surface area contributed by atoms with E-state index in [2.05, 4.69) is 42.5 Å². The first-order chi connectivity index (χ1) is 13.4. The van der Waals surface area contributed by atoms with Gasteiger partial charge < -0.3 is 4.90 Å². The number of sulfonamides is 1. The smallest absolute Gasteiger partial charge is 0.261 e. The topological polar surface area (TPSA) is 49.4 Å². The van der Waals surface area contributed by atoms with Crippen LogP contribution in [0.15, 0.2) is 53.4 Å². The van der Waals surface area contributed by atoms with Crippen LogP contribution in [0.3, 0.4) is 0 Å². The third kappa shape index (κ3) is 5.97. The van der Waals surface area contributed by atoms with Gasteiger partial charge in [0.1, 0.15) is 0 Å². The van der Waals surface area contributed by atoms with Crippen LogP contribution >= 0.6 is 12.4 Å². The zero-order valence-electron chi connectivity index (χ0n) is 17.6. The molecule has 1 saturated heterocycles. The van der Waals surface area contributed by atoms with Crippen molar-refractivity contribution >= 4 is 28.1 Å². The first-order valence-corrected chi connectivity index (χ1v) is 11.9. The Morgan fingerprint density at radius 1 is 1.07 bits per heavy atom. The van der Waals surface area contributed by atoms with E-state index in [0.29, 0.717) is 22.4 Å². The Morgan fingerprint density at radius 3 is 2.31 bits per heavy atom. The van der Waals surface area contributed by atoms with Crippen molar-refractivity contribution in [2.75, 3.05) is 24.4 Å². The molecule has 29 heavy (non-hydrogen) atoms. The highest BCUT2D eigenvalue weighted by Crippen LogP contribution is 2.28. The summed E-state index contributed by atoms with van der Waals surface area (Å²) in [4.78, 5) is 2.80. The molecule has 2 aromatic rings. The molecule has 0 radical (unpaired) electrons. The van der Waals surface area contributed by atoms with Crippen LogP contribution in [0, 0.1) is 0 Å². The fourth-order valence-corrected chi connectivity index (χ4v) is 4.93. The highest BCUT2D eigenvalue weighted by Gasteiger charge is 2.23. The predicted molar refractivity (Wildman–Crippen MR) is 124 cm³/mol. The summed E-state index contributed by atoms with van der Waals surface area (Å²) >= 11 is 0. The van der Waals surface area contributed by atoms with Gasteiger partial charge in [0.15, 0.2) is 0 Å². The minimum atomic E-state index is -3.57. The molecule has 0 saturated carbocycles. The molecular weight excluding hydrogens is 404 g/mol. The summed E-state index contributed by atoms with van der Waals surface area (Å²) in [7, 11) is -3.57. The zero-order chi connectivity index (χ0) is 20.1. The van der Waals surface area contributed by atoms with Crippen LogP contribution in [0.5, 0.6) is 0 Å². The Bertz CT molecular complexity index is 867. The lowest BCUT2D eigenvalue weighted by molar-refractivity contribution is 0.335. The minimum Gasteiger partial charge on any atom is -0.303 e. The molecule has 160 valence electrons. The number of benzene rings is 2. The molecule has 2 atom stereocenters. The Balaban J connectivity index is 0.00000300. The highest BCUT2D eigenvalue weighted by atomic mass is 35.5. The summed E-state index contributed by atoms with van der Waals surface area (Å²) in [6.45, 7) is 9.90. The molecule has 0 bridgehead atoms. The van der Waals surface area contributed by atoms with E-state index in [1.165, 1.54) is 24.0 Å². The van der Waals surface area contributed by atoms with Crippen LogP contribution in [0.4, 0.5) is 5.69 Å². The molecule has 0 amide bonds. The Kier molecular flexibility index (Phi) is 8.56. The SMILES string of the molecule is CCCN1CC[C@@H](c2ccc(NS(=O)(=O)c3ccc(C(C)CC)cc3)cc2)C1.Cl. The molecule has 0 aliphatic carbocycles. The normalized spacial score (nSPS) is 18.2. The molecule has 6 heteroatoms. The lowest BCUT2D eigenvalue weighted by Crippen LogP contribution is -2.20. The maximum absolute atomic E-state index is 12.7. The van der Waals surface area contributed by atoms with Gasteiger partial charge >= 0.3 is 0 Å². The number of halogens is 1. The molecule has 4 nitrogen and oxygen atoms in total. The zero-order valence-corrected chi connectivity index (χ0v) is 19.2. The van der Waals surface area contributed by atoms with Gasteiger partial charge in [-0.15, -0.1) is 12.4 Å². The molecular formula is C23H33ClN2O2S. The van der Waals surface area contributed by atoms with Crippen molar-refractivity contribution in [1.82, 2.24) is 4.90 Å². The Morgan fingerprint density at radius 2 is 1.72 bits per heavy atom. The van der Waals surface area contributed by atoms with E-state index in [1.807, 2.05) is 24.3 Å². The summed E-state index contributed by atoms with van der Waals surface area (Å²) in [6.07, 6.45) is 3.40. The second-order valence-electron chi connectivity index (χ2n) is 7.89. The van der Waals surface area contributed by atoms with Crippen molar-refractivity contribution in [1.29, 1.82) is 0 Å². The molecule has 1 aliphatic heterocycles. The van der Waals surface area contributed by atoms with Crippen LogP contribution in [-0.2, 0) is 10.0 Å². The molecule has 1 unspecified atom stereocenters. The maximum Gasteiger partial charge on any atom is 0.261 e. The number of likely N-dealkylation sites (tertiary alicyclic amines) is 1. The Hall–Kier alpha value is -1.56. The van der Waals surface area contributed by atoms with Crippen LogP contribution < -0.4 is 4.72 Å². The van der Waals surface area contributed by atoms with E-state index >= 15 is 0 Å². The monoisotopic (exact) mass is 436 g/mol. The third-order valence-corrected chi connectivity index (χ3v) is 7.22. The average Bonchev–Trinajstić information content (AvgIpc) is 3.17. The van der Waals surface area contributed by atoms with Crippen molar-refractivity contribution < 1.29 is 8.42 Å². The van der Waals surface area contributed by atoms with E-state index in [-0.39, 0.29) is 12.4 Å². The molecule has 3 rings (SSSR count). The molecule has 0 spiro atoms. The van der Waals surface area contributed by atoms with Crippen LogP contribution in [0.25, 0.3) is 0 Å². The van der Waals surface area contributed by atoms with Gasteiger partial charge in [-0.3, -0.25) is 4.72 Å². The van der Waals surface area contributed by atoms with Crippen molar-refractivity contribution in [3.05, 3.63) is 59.7 Å². The highest BCUT2D eigenvalue weighted by molar-refractivity contribution is 7.92. The van der Waals surface area contributed by atoms with Crippen molar-refractivity contribution in [2.45, 2.75) is 56.8 Å². The number of hydrogen-bond acceptors (Lipinski definition) is 3. The van der Waals surface area contributed by atoms with Gasteiger partial charge in [0.25, 0.3) is 10.0 Å². The largest absolute Gasteiger partial charge is 0.303 e. The predicted octanol–water partition coefficient (Wildman–Crippen LogP) is 5.62. The van der Waals surface area contributed by atoms with E-state index in [1.54, 1.807) is 12.1 Å². The summed E-state index contributed by atoms with van der Waals surface area (Å²) < 4.78 is 28.1. The number of hydrogen-bond donors (Lipinski definition) is 1. The van der Waals surface area contributed by atoms with Gasteiger partial charge in [0, 0.05) is 12.2 Å². The lowest BCUT2D eigenvalue weighted by Gasteiger charge is -2.15. The van der Waals surface area contributed by atoms with Crippen molar-refractivity contribution in [3.63, 3.8) is 0 Å². The number of anilines is 1. The minimum absolute atomic E-state index is 0. The molecule has 1 aliphatic rings. The summed E-state index contributed by atoms with van der Waals surface area (Å²) in [5.74, 6) is 0.978. The average molecular weight is 437 g/mol. The van der Waals surface area contributed by atoms with E-state index in [0.717, 1.165) is 26.1 Å². The van der Waals surface area contributed by atoms with Gasteiger partial charge in [0.05, 0.1) is 4.90 Å².